The Kier molecular flexibility index (Phi) is 3.93. The molecule has 4 heteroatoms. The van der Waals surface area contributed by atoms with Gasteiger partial charge in [-0.15, -0.1) is 0 Å². The summed E-state index contributed by atoms with van der Waals surface area (Å²) in [4.78, 5) is 14.4. The van der Waals surface area contributed by atoms with Crippen LogP contribution in [-0.2, 0) is 11.2 Å². The average Bonchev–Trinajstić information content (AvgIpc) is 2.39. The fourth-order valence-corrected chi connectivity index (χ4v) is 1.65. The van der Waals surface area contributed by atoms with Gasteiger partial charge in [0.25, 0.3) is 0 Å². The number of aliphatic carboxylic acids is 1. The highest BCUT2D eigenvalue weighted by molar-refractivity contribution is 5.70. The second-order valence-electron chi connectivity index (χ2n) is 3.97. The summed E-state index contributed by atoms with van der Waals surface area (Å²) in [6.07, 6.45) is -0.0173. The van der Waals surface area contributed by atoms with Gasteiger partial charge in [-0.1, -0.05) is 12.1 Å². The molecule has 2 aromatic rings. The lowest BCUT2D eigenvalue weighted by molar-refractivity contribution is -0.136. The van der Waals surface area contributed by atoms with Gasteiger partial charge in [0.2, 0.25) is 0 Å². The third-order valence-corrected chi connectivity index (χ3v) is 2.51. The van der Waals surface area contributed by atoms with Gasteiger partial charge in [-0.05, 0) is 48.7 Å². The SMILES string of the molecule is C=Nc1ccc(Oc2cccc(CC(=O)O)c2)cc1. The maximum atomic E-state index is 10.7. The third kappa shape index (κ3) is 3.67. The van der Waals surface area contributed by atoms with Crippen molar-refractivity contribution < 1.29 is 14.6 Å². The van der Waals surface area contributed by atoms with Gasteiger partial charge >= 0.3 is 5.97 Å². The number of nitrogens with zero attached hydrogens (tertiary/aromatic N) is 1. The van der Waals surface area contributed by atoms with Crippen LogP contribution in [-0.4, -0.2) is 17.8 Å². The molecule has 0 atom stereocenters. The minimum absolute atomic E-state index is 0.0173. The van der Waals surface area contributed by atoms with Gasteiger partial charge < -0.3 is 9.84 Å². The van der Waals surface area contributed by atoms with Gasteiger partial charge in [0.1, 0.15) is 11.5 Å². The highest BCUT2D eigenvalue weighted by atomic mass is 16.5. The van der Waals surface area contributed by atoms with E-state index in [1.54, 1.807) is 48.5 Å². The number of rotatable bonds is 5. The van der Waals surface area contributed by atoms with Crippen molar-refractivity contribution in [1.82, 2.24) is 0 Å². The molecule has 0 saturated heterocycles. The van der Waals surface area contributed by atoms with Gasteiger partial charge in [-0.3, -0.25) is 9.79 Å². The molecule has 0 aliphatic carbocycles. The van der Waals surface area contributed by atoms with Crippen molar-refractivity contribution >= 4 is 18.4 Å². The van der Waals surface area contributed by atoms with Crippen LogP contribution in [0.25, 0.3) is 0 Å². The zero-order valence-electron chi connectivity index (χ0n) is 10.2. The van der Waals surface area contributed by atoms with Gasteiger partial charge in [0.05, 0.1) is 12.1 Å². The van der Waals surface area contributed by atoms with Crippen LogP contribution in [0.1, 0.15) is 5.56 Å². The summed E-state index contributed by atoms with van der Waals surface area (Å²) in [6, 6.07) is 14.2. The molecule has 19 heavy (non-hydrogen) atoms. The molecule has 1 N–H and O–H groups in total. The summed E-state index contributed by atoms with van der Waals surface area (Å²) in [5.41, 5.74) is 1.47. The van der Waals surface area contributed by atoms with E-state index in [0.717, 1.165) is 5.69 Å². The lowest BCUT2D eigenvalue weighted by Crippen LogP contribution is -1.99. The van der Waals surface area contributed by atoms with Crippen molar-refractivity contribution in [1.29, 1.82) is 0 Å². The fourth-order valence-electron chi connectivity index (χ4n) is 1.65. The smallest absolute Gasteiger partial charge is 0.307 e. The van der Waals surface area contributed by atoms with Crippen LogP contribution >= 0.6 is 0 Å². The van der Waals surface area contributed by atoms with Crippen molar-refractivity contribution in [3.63, 3.8) is 0 Å². The zero-order chi connectivity index (χ0) is 13.7. The summed E-state index contributed by atoms with van der Waals surface area (Å²) < 4.78 is 5.65. The number of carbonyl (C=O) groups is 1. The first-order chi connectivity index (χ1) is 9.17. The van der Waals surface area contributed by atoms with Crippen molar-refractivity contribution in [2.45, 2.75) is 6.42 Å². The Bertz CT molecular complexity index is 591. The van der Waals surface area contributed by atoms with Crippen molar-refractivity contribution in [2.75, 3.05) is 0 Å². The molecular weight excluding hydrogens is 242 g/mol. The van der Waals surface area contributed by atoms with Crippen molar-refractivity contribution in [3.05, 3.63) is 54.1 Å². The summed E-state index contributed by atoms with van der Waals surface area (Å²) in [6.45, 7) is 3.44. The maximum absolute atomic E-state index is 10.7. The standard InChI is InChI=1S/C15H13NO3/c1-16-12-5-7-13(8-6-12)19-14-4-2-3-11(9-14)10-15(17)18/h2-9H,1,10H2,(H,17,18). The van der Waals surface area contributed by atoms with Crippen LogP contribution in [0.2, 0.25) is 0 Å². The molecular formula is C15H13NO3. The Morgan fingerprint density at radius 1 is 1.16 bits per heavy atom. The summed E-state index contributed by atoms with van der Waals surface area (Å²) in [5.74, 6) is 0.413. The zero-order valence-corrected chi connectivity index (χ0v) is 10.2. The van der Waals surface area contributed by atoms with E-state index >= 15 is 0 Å². The van der Waals surface area contributed by atoms with Crippen LogP contribution in [0.4, 0.5) is 5.69 Å². The van der Waals surface area contributed by atoms with Crippen LogP contribution in [0, 0.1) is 0 Å². The maximum Gasteiger partial charge on any atom is 0.307 e. The predicted molar refractivity (Wildman–Crippen MR) is 73.5 cm³/mol. The van der Waals surface area contributed by atoms with Gasteiger partial charge in [0.15, 0.2) is 0 Å². The minimum Gasteiger partial charge on any atom is -0.481 e. The molecule has 0 radical (unpaired) electrons. The number of hydrogen-bond acceptors (Lipinski definition) is 3. The predicted octanol–water partition coefficient (Wildman–Crippen LogP) is 3.44. The average molecular weight is 255 g/mol. The first-order valence-electron chi connectivity index (χ1n) is 5.73. The first-order valence-corrected chi connectivity index (χ1v) is 5.73. The van der Waals surface area contributed by atoms with Crippen LogP contribution in [0.5, 0.6) is 11.5 Å². The fraction of sp³-hybridized carbons (Fsp3) is 0.0667. The molecule has 0 spiro atoms. The molecule has 0 unspecified atom stereocenters. The second-order valence-corrected chi connectivity index (χ2v) is 3.97. The second kappa shape index (κ2) is 5.82. The van der Waals surface area contributed by atoms with Crippen LogP contribution < -0.4 is 4.74 Å². The van der Waals surface area contributed by atoms with Gasteiger partial charge in [-0.25, -0.2) is 0 Å². The Morgan fingerprint density at radius 2 is 1.89 bits per heavy atom. The van der Waals surface area contributed by atoms with E-state index in [0.29, 0.717) is 17.1 Å². The number of hydrogen-bond donors (Lipinski definition) is 1. The molecule has 0 aromatic heterocycles. The molecule has 2 rings (SSSR count). The van der Waals surface area contributed by atoms with Crippen molar-refractivity contribution in [2.24, 2.45) is 4.99 Å². The van der Waals surface area contributed by atoms with Gasteiger partial charge in [-0.2, -0.15) is 0 Å². The largest absolute Gasteiger partial charge is 0.481 e. The van der Waals surface area contributed by atoms with Crippen molar-refractivity contribution in [3.8, 4) is 11.5 Å². The molecule has 0 bridgehead atoms. The number of benzene rings is 2. The third-order valence-electron chi connectivity index (χ3n) is 2.51. The monoisotopic (exact) mass is 255 g/mol. The topological polar surface area (TPSA) is 58.9 Å². The molecule has 0 aliphatic heterocycles. The molecule has 4 nitrogen and oxygen atoms in total. The number of carboxylic acid groups (broad SMARTS) is 1. The van der Waals surface area contributed by atoms with E-state index in [4.69, 9.17) is 9.84 Å². The highest BCUT2D eigenvalue weighted by Gasteiger charge is 2.03. The lowest BCUT2D eigenvalue weighted by Gasteiger charge is -2.07. The van der Waals surface area contributed by atoms with E-state index in [1.807, 2.05) is 0 Å². The molecule has 0 heterocycles. The summed E-state index contributed by atoms with van der Waals surface area (Å²) in [7, 11) is 0. The van der Waals surface area contributed by atoms with E-state index in [9.17, 15) is 4.79 Å². The van der Waals surface area contributed by atoms with E-state index < -0.39 is 5.97 Å². The van der Waals surface area contributed by atoms with Crippen LogP contribution in [0.15, 0.2) is 53.5 Å². The quantitative estimate of drug-likeness (QED) is 0.832. The normalized spacial score (nSPS) is 9.89. The Hall–Kier alpha value is -2.62. The Morgan fingerprint density at radius 3 is 2.53 bits per heavy atom. The van der Waals surface area contributed by atoms with E-state index in [2.05, 4.69) is 11.7 Å². The van der Waals surface area contributed by atoms with E-state index in [-0.39, 0.29) is 6.42 Å². The molecule has 0 fully saturated rings. The highest BCUT2D eigenvalue weighted by Crippen LogP contribution is 2.24. The molecule has 96 valence electrons. The van der Waals surface area contributed by atoms with Crippen LogP contribution in [0.3, 0.4) is 0 Å². The lowest BCUT2D eigenvalue weighted by atomic mass is 10.1. The molecule has 2 aromatic carbocycles. The number of aliphatic imine (C=N–C) groups is 1. The van der Waals surface area contributed by atoms with E-state index in [1.165, 1.54) is 0 Å². The molecule has 0 aliphatic rings. The Balaban J connectivity index is 2.13. The molecule has 0 saturated carbocycles. The Labute approximate surface area is 111 Å². The first kappa shape index (κ1) is 12.8. The molecule has 0 amide bonds. The number of ether oxygens (including phenoxy) is 1. The summed E-state index contributed by atoms with van der Waals surface area (Å²) in [5, 5.41) is 8.75. The van der Waals surface area contributed by atoms with Gasteiger partial charge in [0, 0.05) is 0 Å². The summed E-state index contributed by atoms with van der Waals surface area (Å²) >= 11 is 0. The number of carboxylic acids is 1. The minimum atomic E-state index is -0.862.